The number of carbonyl (C=O) groups excluding carboxylic acids is 3. The lowest BCUT2D eigenvalue weighted by atomic mass is 10.1. The van der Waals surface area contributed by atoms with Crippen LogP contribution in [0.3, 0.4) is 0 Å². The van der Waals surface area contributed by atoms with Gasteiger partial charge in [0.2, 0.25) is 5.91 Å². The van der Waals surface area contributed by atoms with E-state index in [1.165, 1.54) is 17.3 Å². The number of rotatable bonds is 11. The van der Waals surface area contributed by atoms with E-state index in [-0.39, 0.29) is 17.4 Å². The maximum Gasteiger partial charge on any atom is 0.272 e. The van der Waals surface area contributed by atoms with E-state index in [9.17, 15) is 14.4 Å². The lowest BCUT2D eigenvalue weighted by molar-refractivity contribution is -0.114. The van der Waals surface area contributed by atoms with Crippen LogP contribution in [0.5, 0.6) is 0 Å². The predicted octanol–water partition coefficient (Wildman–Crippen LogP) is 8.02. The number of fused-ring (bicyclic) bond motifs is 3. The second-order valence-corrected chi connectivity index (χ2v) is 12.7. The van der Waals surface area contributed by atoms with Crippen LogP contribution in [0, 0.1) is 0 Å². The third-order valence-corrected chi connectivity index (χ3v) is 9.08. The van der Waals surface area contributed by atoms with Crippen LogP contribution in [0.2, 0.25) is 0 Å². The monoisotopic (exact) mass is 667 g/mol. The first kappa shape index (κ1) is 33.1. The van der Waals surface area contributed by atoms with Crippen molar-refractivity contribution in [1.82, 2.24) is 9.88 Å². The zero-order chi connectivity index (χ0) is 34.3. The molecule has 0 aliphatic rings. The van der Waals surface area contributed by atoms with Gasteiger partial charge in [0.15, 0.2) is 0 Å². The summed E-state index contributed by atoms with van der Waals surface area (Å²) in [6, 6.07) is 38.0. The number of carbonyl (C=O) groups is 3. The molecule has 0 saturated carbocycles. The van der Waals surface area contributed by atoms with Crippen LogP contribution in [-0.4, -0.2) is 42.1 Å². The van der Waals surface area contributed by atoms with Gasteiger partial charge < -0.3 is 25.4 Å². The summed E-state index contributed by atoms with van der Waals surface area (Å²) >= 11 is 1.37. The number of thioether (sulfide) groups is 1. The summed E-state index contributed by atoms with van der Waals surface area (Å²) in [4.78, 5) is 42.4. The lowest BCUT2D eigenvalue weighted by Gasteiger charge is -2.14. The quantitative estimate of drug-likeness (QED) is 0.0961. The van der Waals surface area contributed by atoms with Crippen LogP contribution in [-0.2, 0) is 16.1 Å². The second kappa shape index (κ2) is 15.0. The number of amides is 3. The molecule has 0 unspecified atom stereocenters. The first-order chi connectivity index (χ1) is 23.8. The van der Waals surface area contributed by atoms with Gasteiger partial charge in [-0.3, -0.25) is 14.4 Å². The highest BCUT2D eigenvalue weighted by Gasteiger charge is 2.16. The zero-order valence-electron chi connectivity index (χ0n) is 27.6. The van der Waals surface area contributed by atoms with E-state index in [4.69, 9.17) is 0 Å². The van der Waals surface area contributed by atoms with Crippen molar-refractivity contribution >= 4 is 74.4 Å². The maximum absolute atomic E-state index is 13.6. The third-order valence-electron chi connectivity index (χ3n) is 8.08. The summed E-state index contributed by atoms with van der Waals surface area (Å²) in [5.41, 5.74) is 5.90. The van der Waals surface area contributed by atoms with Gasteiger partial charge in [-0.2, -0.15) is 0 Å². The van der Waals surface area contributed by atoms with Gasteiger partial charge >= 0.3 is 0 Å². The fraction of sp³-hybridized carbons (Fsp3) is 0.125. The van der Waals surface area contributed by atoms with Crippen molar-refractivity contribution in [2.24, 2.45) is 0 Å². The van der Waals surface area contributed by atoms with Crippen molar-refractivity contribution in [2.75, 3.05) is 35.4 Å². The van der Waals surface area contributed by atoms with Gasteiger partial charge in [0.1, 0.15) is 5.70 Å². The van der Waals surface area contributed by atoms with Gasteiger partial charge in [0.05, 0.1) is 5.75 Å². The lowest BCUT2D eigenvalue weighted by Crippen LogP contribution is -2.30. The number of hydrogen-bond acceptors (Lipinski definition) is 5. The molecular formula is C40H37N5O3S. The molecule has 246 valence electrons. The summed E-state index contributed by atoms with van der Waals surface area (Å²) in [5, 5.41) is 11.0. The minimum Gasteiger partial charge on any atom is -0.378 e. The van der Waals surface area contributed by atoms with E-state index in [2.05, 4.69) is 45.6 Å². The highest BCUT2D eigenvalue weighted by atomic mass is 32.2. The number of nitrogens with zero attached hydrogens (tertiary/aromatic N) is 2. The van der Waals surface area contributed by atoms with Gasteiger partial charge in [-0.1, -0.05) is 54.6 Å². The van der Waals surface area contributed by atoms with Gasteiger partial charge in [-0.15, -0.1) is 11.8 Å². The van der Waals surface area contributed by atoms with E-state index >= 15 is 0 Å². The number of aromatic nitrogens is 1. The smallest absolute Gasteiger partial charge is 0.272 e. The molecule has 1 heterocycles. The Balaban J connectivity index is 1.13. The number of para-hydroxylation sites is 1. The normalized spacial score (nSPS) is 11.4. The van der Waals surface area contributed by atoms with Crippen molar-refractivity contribution < 1.29 is 14.4 Å². The van der Waals surface area contributed by atoms with Crippen molar-refractivity contribution in [3.63, 3.8) is 0 Å². The highest BCUT2D eigenvalue weighted by molar-refractivity contribution is 8.00. The maximum atomic E-state index is 13.6. The van der Waals surface area contributed by atoms with E-state index in [0.29, 0.717) is 11.3 Å². The van der Waals surface area contributed by atoms with Gasteiger partial charge in [0.25, 0.3) is 11.8 Å². The molecule has 8 nitrogen and oxygen atoms in total. The molecule has 3 N–H and O–H groups in total. The molecule has 0 fully saturated rings. The van der Waals surface area contributed by atoms with Crippen LogP contribution in [0.15, 0.2) is 132 Å². The van der Waals surface area contributed by atoms with Crippen LogP contribution >= 0.6 is 11.8 Å². The summed E-state index contributed by atoms with van der Waals surface area (Å²) < 4.78 is 2.27. The Morgan fingerprint density at radius 2 is 1.45 bits per heavy atom. The highest BCUT2D eigenvalue weighted by Crippen LogP contribution is 2.31. The number of benzene rings is 5. The second-order valence-electron chi connectivity index (χ2n) is 11.7. The molecule has 3 amide bonds. The fourth-order valence-corrected chi connectivity index (χ4v) is 6.41. The molecule has 0 spiro atoms. The Kier molecular flexibility index (Phi) is 10.1. The Hall–Kier alpha value is -5.80. The molecule has 6 rings (SSSR count). The Morgan fingerprint density at radius 1 is 0.735 bits per heavy atom. The van der Waals surface area contributed by atoms with Crippen LogP contribution in [0.1, 0.15) is 22.8 Å². The molecule has 9 heteroatoms. The Morgan fingerprint density at radius 3 is 2.20 bits per heavy atom. The van der Waals surface area contributed by atoms with E-state index in [1.807, 2.05) is 91.8 Å². The van der Waals surface area contributed by atoms with Gasteiger partial charge in [0, 0.05) is 70.0 Å². The summed E-state index contributed by atoms with van der Waals surface area (Å²) in [5.74, 6) is -0.807. The van der Waals surface area contributed by atoms with Crippen LogP contribution in [0.25, 0.3) is 27.9 Å². The van der Waals surface area contributed by atoms with Crippen molar-refractivity contribution in [2.45, 2.75) is 18.4 Å². The number of nitrogens with one attached hydrogen (secondary N) is 3. The molecule has 6 aromatic rings. The third kappa shape index (κ3) is 7.85. The molecule has 5 aromatic carbocycles. The van der Waals surface area contributed by atoms with Gasteiger partial charge in [-0.25, -0.2) is 0 Å². The summed E-state index contributed by atoms with van der Waals surface area (Å²) in [6.45, 7) is 2.99. The average molecular weight is 668 g/mol. The summed E-state index contributed by atoms with van der Waals surface area (Å²) in [6.07, 6.45) is 1.65. The number of hydrogen-bond donors (Lipinski definition) is 3. The molecule has 0 bridgehead atoms. The molecule has 0 aliphatic carbocycles. The Bertz CT molecular complexity index is 2170. The zero-order valence-corrected chi connectivity index (χ0v) is 28.4. The molecular weight excluding hydrogens is 631 g/mol. The largest absolute Gasteiger partial charge is 0.378 e. The molecule has 49 heavy (non-hydrogen) atoms. The average Bonchev–Trinajstić information content (AvgIpc) is 3.44. The molecule has 1 aromatic heterocycles. The minimum atomic E-state index is -0.472. The van der Waals surface area contributed by atoms with Crippen LogP contribution < -0.4 is 20.9 Å². The Labute approximate surface area is 289 Å². The molecule has 0 atom stereocenters. The van der Waals surface area contributed by atoms with E-state index < -0.39 is 11.8 Å². The summed E-state index contributed by atoms with van der Waals surface area (Å²) in [7, 11) is 3.91. The molecule has 0 radical (unpaired) electrons. The SMILES string of the molecule is CCn1c2ccccc2c2cc(NC(=O)CSc3cccc(NC(=O)/C(=C\c4ccc(N(C)C)cc4)NC(=O)c4ccccc4)c3)ccc21. The first-order valence-corrected chi connectivity index (χ1v) is 17.0. The first-order valence-electron chi connectivity index (χ1n) is 16.0. The standard InChI is InChI=1S/C40H37N5O3S/c1-4-45-36-16-9-8-15-33(36)34-25-30(19-22-37(34)45)41-38(46)26-49-32-14-10-13-29(24-32)42-40(48)35(43-39(47)28-11-6-5-7-12-28)23-27-17-20-31(21-18-27)44(2)3/h5-25H,4,26H2,1-3H3,(H,41,46)(H,42,48)(H,43,47)/b35-23+. The number of anilines is 3. The fourth-order valence-electron chi connectivity index (χ4n) is 5.66. The minimum absolute atomic E-state index is 0.0999. The van der Waals surface area contributed by atoms with E-state index in [1.54, 1.807) is 36.4 Å². The van der Waals surface area contributed by atoms with Crippen molar-refractivity contribution in [3.05, 3.63) is 138 Å². The van der Waals surface area contributed by atoms with Crippen LogP contribution in [0.4, 0.5) is 17.1 Å². The van der Waals surface area contributed by atoms with E-state index in [0.717, 1.165) is 44.7 Å². The van der Waals surface area contributed by atoms with Crippen molar-refractivity contribution in [3.8, 4) is 0 Å². The van der Waals surface area contributed by atoms with Gasteiger partial charge in [-0.05, 0) is 85.3 Å². The van der Waals surface area contributed by atoms with Crippen molar-refractivity contribution in [1.29, 1.82) is 0 Å². The predicted molar refractivity (Wildman–Crippen MR) is 202 cm³/mol. The molecule has 0 aliphatic heterocycles. The topological polar surface area (TPSA) is 95.5 Å². The number of aryl methyl sites for hydroxylation is 1. The molecule has 0 saturated heterocycles.